The lowest BCUT2D eigenvalue weighted by molar-refractivity contribution is -0.142. The number of nitrogens with two attached hydrogens (primary N) is 1. The van der Waals surface area contributed by atoms with E-state index in [1.807, 2.05) is 4.90 Å². The van der Waals surface area contributed by atoms with Crippen molar-refractivity contribution in [3.8, 4) is 0 Å². The third-order valence-corrected chi connectivity index (χ3v) is 4.10. The first kappa shape index (κ1) is 11.9. The van der Waals surface area contributed by atoms with Gasteiger partial charge in [-0.3, -0.25) is 9.69 Å². The van der Waals surface area contributed by atoms with Crippen molar-refractivity contribution >= 4 is 5.97 Å². The molecule has 2 aliphatic rings. The molecule has 1 aliphatic heterocycles. The highest BCUT2D eigenvalue weighted by Crippen LogP contribution is 2.32. The highest BCUT2D eigenvalue weighted by atomic mass is 16.4. The smallest absolute Gasteiger partial charge is 0.320 e. The minimum atomic E-state index is -0.705. The molecule has 1 saturated carbocycles. The van der Waals surface area contributed by atoms with Crippen molar-refractivity contribution in [1.29, 1.82) is 0 Å². The Balaban J connectivity index is 1.88. The summed E-state index contributed by atoms with van der Waals surface area (Å²) < 4.78 is 0. The van der Waals surface area contributed by atoms with Crippen molar-refractivity contribution in [2.45, 2.75) is 50.2 Å². The Morgan fingerprint density at radius 1 is 1.50 bits per heavy atom. The zero-order valence-corrected chi connectivity index (χ0v) is 9.64. The molecule has 0 aromatic carbocycles. The number of carbonyl (C=O) groups is 1. The molecular formula is C12H21N2O2. The molecule has 3 N–H and O–H groups in total. The fourth-order valence-electron chi connectivity index (χ4n) is 2.86. The number of aliphatic carboxylic acids is 1. The molecule has 16 heavy (non-hydrogen) atoms. The predicted octanol–water partition coefficient (Wildman–Crippen LogP) is 0.865. The zero-order valence-electron chi connectivity index (χ0n) is 9.64. The maximum Gasteiger partial charge on any atom is 0.320 e. The highest BCUT2D eigenvalue weighted by Gasteiger charge is 2.36. The summed E-state index contributed by atoms with van der Waals surface area (Å²) >= 11 is 0. The van der Waals surface area contributed by atoms with E-state index < -0.39 is 5.97 Å². The Morgan fingerprint density at radius 2 is 2.25 bits per heavy atom. The van der Waals surface area contributed by atoms with Gasteiger partial charge in [0.1, 0.15) is 6.04 Å². The van der Waals surface area contributed by atoms with Crippen LogP contribution >= 0.6 is 0 Å². The molecule has 4 unspecified atom stereocenters. The standard InChI is InChI=1S/C12H21N2O2/c1-8(7-9-4-5-10(9)13)14-6-2-3-11(14)12(15)16/h8-11H,1-7,13H2,(H,15,16). The average Bonchev–Trinajstić information content (AvgIpc) is 2.72. The average molecular weight is 225 g/mol. The summed E-state index contributed by atoms with van der Waals surface area (Å²) in [7, 11) is 0. The monoisotopic (exact) mass is 225 g/mol. The Bertz CT molecular complexity index is 270. The van der Waals surface area contributed by atoms with Crippen LogP contribution in [0.3, 0.4) is 0 Å². The van der Waals surface area contributed by atoms with Gasteiger partial charge in [0.15, 0.2) is 0 Å². The van der Waals surface area contributed by atoms with Gasteiger partial charge in [-0.1, -0.05) is 0 Å². The molecule has 0 spiro atoms. The third kappa shape index (κ3) is 2.23. The van der Waals surface area contributed by atoms with Gasteiger partial charge in [0.25, 0.3) is 0 Å². The quantitative estimate of drug-likeness (QED) is 0.745. The Kier molecular flexibility index (Phi) is 3.50. The van der Waals surface area contributed by atoms with E-state index in [4.69, 9.17) is 10.8 Å². The molecule has 2 rings (SSSR count). The number of rotatable bonds is 4. The second-order valence-electron chi connectivity index (χ2n) is 5.12. The lowest BCUT2D eigenvalue weighted by Crippen LogP contribution is -2.47. The summed E-state index contributed by atoms with van der Waals surface area (Å²) in [5.74, 6) is -0.151. The molecule has 4 atom stereocenters. The second kappa shape index (κ2) is 4.72. The van der Waals surface area contributed by atoms with Crippen molar-refractivity contribution in [1.82, 2.24) is 4.90 Å². The molecule has 0 bridgehead atoms. The van der Waals surface area contributed by atoms with Crippen LogP contribution in [0.5, 0.6) is 0 Å². The van der Waals surface area contributed by atoms with Crippen molar-refractivity contribution < 1.29 is 9.90 Å². The summed E-state index contributed by atoms with van der Waals surface area (Å²) in [4.78, 5) is 13.1. The molecule has 91 valence electrons. The second-order valence-corrected chi connectivity index (χ2v) is 5.12. The van der Waals surface area contributed by atoms with E-state index in [0.29, 0.717) is 12.0 Å². The van der Waals surface area contributed by atoms with Crippen LogP contribution in [0.4, 0.5) is 0 Å². The number of nitrogens with zero attached hydrogens (tertiary/aromatic N) is 1. The molecule has 1 heterocycles. The van der Waals surface area contributed by atoms with E-state index in [1.54, 1.807) is 0 Å². The van der Waals surface area contributed by atoms with E-state index in [0.717, 1.165) is 32.2 Å². The maximum atomic E-state index is 11.1. The molecule has 0 amide bonds. The van der Waals surface area contributed by atoms with E-state index in [2.05, 4.69) is 6.92 Å². The van der Waals surface area contributed by atoms with Crippen molar-refractivity contribution in [3.05, 3.63) is 6.92 Å². The first-order chi connectivity index (χ1) is 7.59. The predicted molar refractivity (Wildman–Crippen MR) is 61.8 cm³/mol. The van der Waals surface area contributed by atoms with Crippen molar-refractivity contribution in [2.24, 2.45) is 11.7 Å². The summed E-state index contributed by atoms with van der Waals surface area (Å²) in [5, 5.41) is 9.10. The van der Waals surface area contributed by atoms with Gasteiger partial charge in [0.2, 0.25) is 0 Å². The van der Waals surface area contributed by atoms with Gasteiger partial charge < -0.3 is 10.8 Å². The highest BCUT2D eigenvalue weighted by molar-refractivity contribution is 5.73. The third-order valence-electron chi connectivity index (χ3n) is 4.10. The lowest BCUT2D eigenvalue weighted by atomic mass is 9.76. The van der Waals surface area contributed by atoms with Gasteiger partial charge in [0.05, 0.1) is 0 Å². The minimum Gasteiger partial charge on any atom is -0.480 e. The molecular weight excluding hydrogens is 204 g/mol. The summed E-state index contributed by atoms with van der Waals surface area (Å²) in [6.45, 7) is 4.98. The van der Waals surface area contributed by atoms with Crippen LogP contribution in [0.15, 0.2) is 0 Å². The van der Waals surface area contributed by atoms with Crippen LogP contribution in [0, 0.1) is 12.8 Å². The molecule has 1 radical (unpaired) electrons. The Hall–Kier alpha value is -0.610. The number of carboxylic acids is 1. The van der Waals surface area contributed by atoms with Crippen LogP contribution in [-0.4, -0.2) is 40.6 Å². The van der Waals surface area contributed by atoms with E-state index >= 15 is 0 Å². The largest absolute Gasteiger partial charge is 0.480 e. The summed E-state index contributed by atoms with van der Waals surface area (Å²) in [6, 6.07) is 0.105. The number of carboxylic acid groups (broad SMARTS) is 1. The number of hydrogen-bond acceptors (Lipinski definition) is 3. The van der Waals surface area contributed by atoms with E-state index in [9.17, 15) is 4.79 Å². The van der Waals surface area contributed by atoms with Gasteiger partial charge in [-0.05, 0) is 51.5 Å². The van der Waals surface area contributed by atoms with Crippen LogP contribution in [0.1, 0.15) is 32.1 Å². The fourth-order valence-corrected chi connectivity index (χ4v) is 2.86. The van der Waals surface area contributed by atoms with Crippen LogP contribution in [0.2, 0.25) is 0 Å². The minimum absolute atomic E-state index is 0.111. The van der Waals surface area contributed by atoms with E-state index in [-0.39, 0.29) is 12.1 Å². The summed E-state index contributed by atoms with van der Waals surface area (Å²) in [6.07, 6.45) is 4.97. The molecule has 4 nitrogen and oxygen atoms in total. The van der Waals surface area contributed by atoms with Gasteiger partial charge >= 0.3 is 5.97 Å². The maximum absolute atomic E-state index is 11.1. The summed E-state index contributed by atoms with van der Waals surface area (Å²) in [5.41, 5.74) is 5.90. The first-order valence-electron chi connectivity index (χ1n) is 6.17. The molecule has 1 saturated heterocycles. The Morgan fingerprint density at radius 3 is 2.75 bits per heavy atom. The van der Waals surface area contributed by atoms with Crippen molar-refractivity contribution in [3.63, 3.8) is 0 Å². The zero-order chi connectivity index (χ0) is 11.7. The van der Waals surface area contributed by atoms with Gasteiger partial charge in [0, 0.05) is 12.1 Å². The number of likely N-dealkylation sites (tertiary alicyclic amines) is 1. The number of hydrogen-bond donors (Lipinski definition) is 2. The topological polar surface area (TPSA) is 66.6 Å². The molecule has 1 aliphatic carbocycles. The molecule has 0 aromatic rings. The van der Waals surface area contributed by atoms with Crippen molar-refractivity contribution in [2.75, 3.05) is 6.54 Å². The molecule has 4 heteroatoms. The van der Waals surface area contributed by atoms with Gasteiger partial charge in [-0.25, -0.2) is 0 Å². The molecule has 2 fully saturated rings. The Labute approximate surface area is 96.8 Å². The van der Waals surface area contributed by atoms with Crippen LogP contribution < -0.4 is 5.73 Å². The van der Waals surface area contributed by atoms with E-state index in [1.165, 1.54) is 6.42 Å². The fraction of sp³-hybridized carbons (Fsp3) is 0.833. The molecule has 0 aromatic heterocycles. The lowest BCUT2D eigenvalue weighted by Gasteiger charge is -2.38. The SMILES string of the molecule is [CH2]C(CC1CCC1N)N1CCCC1C(=O)O. The first-order valence-corrected chi connectivity index (χ1v) is 6.17. The van der Waals surface area contributed by atoms with Crippen LogP contribution in [0.25, 0.3) is 0 Å². The van der Waals surface area contributed by atoms with Crippen LogP contribution in [-0.2, 0) is 4.79 Å². The van der Waals surface area contributed by atoms with Gasteiger partial charge in [-0.2, -0.15) is 0 Å². The normalized spacial score (nSPS) is 37.0. The van der Waals surface area contributed by atoms with Gasteiger partial charge in [-0.15, -0.1) is 0 Å².